The molecule has 0 aromatic heterocycles. The van der Waals surface area contributed by atoms with Gasteiger partial charge in [0.15, 0.2) is 0 Å². The lowest BCUT2D eigenvalue weighted by Crippen LogP contribution is -2.05. The summed E-state index contributed by atoms with van der Waals surface area (Å²) in [5, 5.41) is 47.1. The van der Waals surface area contributed by atoms with E-state index < -0.39 is 0 Å². The summed E-state index contributed by atoms with van der Waals surface area (Å²) in [7, 11) is 0. The molecule has 4 N–H and O–H groups in total. The smallest absolute Gasteiger partial charge is 0.122 e. The summed E-state index contributed by atoms with van der Waals surface area (Å²) in [6.45, 7) is 24.4. The van der Waals surface area contributed by atoms with Gasteiger partial charge in [0.05, 0.1) is 0 Å². The Bertz CT molecular complexity index is 1590. The Morgan fingerprint density at radius 1 is 0.375 bits per heavy atom. The molecule has 0 saturated heterocycles. The molecule has 1 aliphatic carbocycles. The third-order valence-electron chi connectivity index (χ3n) is 8.86. The van der Waals surface area contributed by atoms with Crippen LogP contribution in [0.5, 0.6) is 23.0 Å². The van der Waals surface area contributed by atoms with Gasteiger partial charge in [-0.3, -0.25) is 0 Å². The van der Waals surface area contributed by atoms with Crippen LogP contribution >= 0.6 is 0 Å². The van der Waals surface area contributed by atoms with Crippen LogP contribution in [0, 0.1) is 0 Å². The Morgan fingerprint density at radius 2 is 0.521 bits per heavy atom. The van der Waals surface area contributed by atoms with Gasteiger partial charge in [-0.15, -0.1) is 0 Å². The molecule has 4 nitrogen and oxygen atoms in total. The van der Waals surface area contributed by atoms with Crippen LogP contribution in [0.25, 0.3) is 0 Å². The molecule has 0 aliphatic heterocycles. The average Bonchev–Trinajstić information content (AvgIpc) is 2.96. The van der Waals surface area contributed by atoms with Gasteiger partial charge in [-0.25, -0.2) is 0 Å². The van der Waals surface area contributed by atoms with Crippen molar-refractivity contribution in [3.63, 3.8) is 0 Å². The van der Waals surface area contributed by atoms with Crippen LogP contribution in [0.2, 0.25) is 0 Å². The highest BCUT2D eigenvalue weighted by molar-refractivity contribution is 5.58. The van der Waals surface area contributed by atoms with E-state index in [1.165, 1.54) is 0 Å². The van der Waals surface area contributed by atoms with Crippen LogP contribution in [0.15, 0.2) is 97.1 Å². The van der Waals surface area contributed by atoms with E-state index in [4.69, 9.17) is 0 Å². The predicted octanol–water partition coefficient (Wildman–Crippen LogP) is 9.66. The molecule has 8 bridgehead atoms. The predicted molar refractivity (Wildman–Crippen MR) is 198 cm³/mol. The lowest BCUT2D eigenvalue weighted by atomic mass is 9.87. The maximum absolute atomic E-state index is 11.8. The summed E-state index contributed by atoms with van der Waals surface area (Å²) in [5.41, 5.74) is 13.5. The van der Waals surface area contributed by atoms with E-state index >= 15 is 0 Å². The number of hydrogen-bond donors (Lipinski definition) is 4. The Balaban J connectivity index is 1.82. The van der Waals surface area contributed by atoms with Crippen LogP contribution < -0.4 is 0 Å². The second-order valence-electron chi connectivity index (χ2n) is 14.3. The summed E-state index contributed by atoms with van der Waals surface area (Å²) in [4.78, 5) is 0. The highest BCUT2D eigenvalue weighted by atomic mass is 16.3. The van der Waals surface area contributed by atoms with Crippen LogP contribution in [0.3, 0.4) is 0 Å². The number of phenolic OH excluding ortho intramolecular Hbond substituents is 4. The largest absolute Gasteiger partial charge is 0.507 e. The molecule has 0 fully saturated rings. The van der Waals surface area contributed by atoms with Gasteiger partial charge in [0.2, 0.25) is 0 Å². The standard InChI is InChI=1S/C44H48O4/c1-25(2)9-29-13-33-21-35-15-30(10-26(3)4)17-37(42(35)46)23-39-19-32(12-28(7)8)20-40(44(39)48)24-38-18-31(11-27(5)6)16-36(43(38)47)22-34(14-29)41(33)45/h13-20,45-48H,1,3,5,7,9-12,21-24H2,2,4,6,8H3. The van der Waals surface area contributed by atoms with E-state index in [1.54, 1.807) is 0 Å². The van der Waals surface area contributed by atoms with E-state index in [2.05, 4.69) is 26.3 Å². The zero-order valence-electron chi connectivity index (χ0n) is 28.9. The fourth-order valence-electron chi connectivity index (χ4n) is 7.03. The van der Waals surface area contributed by atoms with E-state index in [0.29, 0.717) is 95.9 Å². The summed E-state index contributed by atoms with van der Waals surface area (Å²) >= 11 is 0. The minimum Gasteiger partial charge on any atom is -0.507 e. The number of benzene rings is 4. The van der Waals surface area contributed by atoms with Gasteiger partial charge in [-0.2, -0.15) is 0 Å². The van der Waals surface area contributed by atoms with Gasteiger partial charge < -0.3 is 20.4 Å². The zero-order chi connectivity index (χ0) is 34.9. The number of hydrogen-bond acceptors (Lipinski definition) is 4. The Kier molecular flexibility index (Phi) is 10.0. The Morgan fingerprint density at radius 3 is 0.646 bits per heavy atom. The highest BCUT2D eigenvalue weighted by Crippen LogP contribution is 2.40. The molecule has 0 unspecified atom stereocenters. The molecule has 0 amide bonds. The third kappa shape index (κ3) is 7.94. The molecule has 4 aromatic rings. The third-order valence-corrected chi connectivity index (χ3v) is 8.86. The van der Waals surface area contributed by atoms with Crippen molar-refractivity contribution in [3.8, 4) is 23.0 Å². The summed E-state index contributed by atoms with van der Waals surface area (Å²) in [5.74, 6) is 0.601. The van der Waals surface area contributed by atoms with E-state index in [-0.39, 0.29) is 23.0 Å². The van der Waals surface area contributed by atoms with Crippen molar-refractivity contribution in [1.29, 1.82) is 0 Å². The second-order valence-corrected chi connectivity index (χ2v) is 14.3. The molecule has 0 heterocycles. The first-order valence-electron chi connectivity index (χ1n) is 16.6. The molecule has 4 aromatic carbocycles. The number of rotatable bonds is 8. The van der Waals surface area contributed by atoms with Gasteiger partial charge in [0.25, 0.3) is 0 Å². The molecule has 4 heteroatoms. The van der Waals surface area contributed by atoms with Crippen molar-refractivity contribution in [2.75, 3.05) is 0 Å². The summed E-state index contributed by atoms with van der Waals surface area (Å²) in [6, 6.07) is 15.9. The van der Waals surface area contributed by atoms with Crippen molar-refractivity contribution >= 4 is 0 Å². The molecule has 0 radical (unpaired) electrons. The lowest BCUT2D eigenvalue weighted by Gasteiger charge is -2.20. The lowest BCUT2D eigenvalue weighted by molar-refractivity contribution is 0.450. The monoisotopic (exact) mass is 640 g/mol. The van der Waals surface area contributed by atoms with E-state index in [0.717, 1.165) is 44.5 Å². The average molecular weight is 641 g/mol. The molecule has 0 atom stereocenters. The number of aromatic hydroxyl groups is 4. The van der Waals surface area contributed by atoms with Gasteiger partial charge in [0, 0.05) is 25.7 Å². The molecular formula is C44H48O4. The van der Waals surface area contributed by atoms with Crippen molar-refractivity contribution in [2.24, 2.45) is 0 Å². The first-order valence-corrected chi connectivity index (χ1v) is 16.6. The van der Waals surface area contributed by atoms with Crippen LogP contribution in [-0.2, 0) is 51.4 Å². The highest BCUT2D eigenvalue weighted by Gasteiger charge is 2.22. The first kappa shape index (κ1) is 34.4. The topological polar surface area (TPSA) is 80.9 Å². The Hall–Kier alpha value is -4.96. The van der Waals surface area contributed by atoms with Crippen molar-refractivity contribution in [1.82, 2.24) is 0 Å². The molecule has 248 valence electrons. The fourth-order valence-corrected chi connectivity index (χ4v) is 7.03. The van der Waals surface area contributed by atoms with Gasteiger partial charge in [0.1, 0.15) is 23.0 Å². The minimum atomic E-state index is 0.150. The second kappa shape index (κ2) is 14.0. The quantitative estimate of drug-likeness (QED) is 0.127. The molecule has 0 spiro atoms. The summed E-state index contributed by atoms with van der Waals surface area (Å²) in [6.07, 6.45) is 3.75. The van der Waals surface area contributed by atoms with Crippen LogP contribution in [0.1, 0.15) is 94.5 Å². The molecule has 48 heavy (non-hydrogen) atoms. The van der Waals surface area contributed by atoms with E-state index in [1.807, 2.05) is 76.2 Å². The van der Waals surface area contributed by atoms with Crippen molar-refractivity contribution in [3.05, 3.63) is 164 Å². The minimum absolute atomic E-state index is 0.150. The number of phenols is 4. The van der Waals surface area contributed by atoms with Gasteiger partial charge in [-0.1, -0.05) is 97.1 Å². The SMILES string of the molecule is C=C(C)Cc1cc2c(O)c(c1)Cc1cc(CC(=C)C)cc(c1O)Cc1cc(CC(=C)C)cc(c1O)Cc1cc(CC(=C)C)cc(c1O)C2. The van der Waals surface area contributed by atoms with Gasteiger partial charge in [-0.05, 0) is 120 Å². The maximum atomic E-state index is 11.8. The molecule has 0 saturated carbocycles. The summed E-state index contributed by atoms with van der Waals surface area (Å²) < 4.78 is 0. The molecular weight excluding hydrogens is 592 g/mol. The van der Waals surface area contributed by atoms with E-state index in [9.17, 15) is 20.4 Å². The first-order chi connectivity index (χ1) is 22.7. The van der Waals surface area contributed by atoms with Crippen molar-refractivity contribution < 1.29 is 20.4 Å². The Labute approximate surface area is 285 Å². The fraction of sp³-hybridized carbons (Fsp3) is 0.273. The zero-order valence-corrected chi connectivity index (χ0v) is 28.9. The normalized spacial score (nSPS) is 12.4. The molecule has 1 aliphatic rings. The molecule has 5 rings (SSSR count). The van der Waals surface area contributed by atoms with Crippen LogP contribution in [0.4, 0.5) is 0 Å². The maximum Gasteiger partial charge on any atom is 0.122 e. The van der Waals surface area contributed by atoms with Gasteiger partial charge >= 0.3 is 0 Å². The number of allylic oxidation sites excluding steroid dienone is 4. The number of fused-ring (bicyclic) bond motifs is 8. The van der Waals surface area contributed by atoms with Crippen molar-refractivity contribution in [2.45, 2.75) is 79.1 Å². The van der Waals surface area contributed by atoms with Crippen LogP contribution in [-0.4, -0.2) is 20.4 Å².